The molecule has 0 aromatic carbocycles. The van der Waals surface area contributed by atoms with Crippen molar-refractivity contribution < 1.29 is 14.8 Å². The zero-order chi connectivity index (χ0) is 15.1. The SMILES string of the molecule is COCCN(CCO)Cc1ncc(C)c([N+](=O)[O-])c1C. The number of pyridine rings is 1. The molecule has 1 rings (SSSR count). The monoisotopic (exact) mass is 283 g/mol. The zero-order valence-electron chi connectivity index (χ0n) is 12.1. The van der Waals surface area contributed by atoms with E-state index in [1.165, 1.54) is 6.20 Å². The first-order valence-corrected chi connectivity index (χ1v) is 6.42. The van der Waals surface area contributed by atoms with Gasteiger partial charge in [-0.25, -0.2) is 0 Å². The van der Waals surface area contributed by atoms with Crippen molar-refractivity contribution in [3.63, 3.8) is 0 Å². The highest BCUT2D eigenvalue weighted by Gasteiger charge is 2.19. The highest BCUT2D eigenvalue weighted by Crippen LogP contribution is 2.24. The van der Waals surface area contributed by atoms with Gasteiger partial charge >= 0.3 is 0 Å². The molecule has 0 aliphatic rings. The van der Waals surface area contributed by atoms with E-state index < -0.39 is 0 Å². The number of hydrogen-bond donors (Lipinski definition) is 1. The number of aryl methyl sites for hydroxylation is 1. The quantitative estimate of drug-likeness (QED) is 0.566. The second-order valence-electron chi connectivity index (χ2n) is 4.61. The Morgan fingerprint density at radius 1 is 1.45 bits per heavy atom. The predicted octanol–water partition coefficient (Wildman–Crippen LogP) is 1.05. The number of nitro groups is 1. The lowest BCUT2D eigenvalue weighted by Gasteiger charge is -2.21. The molecule has 0 aliphatic heterocycles. The van der Waals surface area contributed by atoms with Crippen LogP contribution in [0.25, 0.3) is 0 Å². The number of methoxy groups -OCH3 is 1. The first-order valence-electron chi connectivity index (χ1n) is 6.42. The molecule has 0 bridgehead atoms. The van der Waals surface area contributed by atoms with Crippen LogP contribution in [0.4, 0.5) is 5.69 Å². The maximum atomic E-state index is 11.1. The third kappa shape index (κ3) is 4.22. The van der Waals surface area contributed by atoms with E-state index in [2.05, 4.69) is 4.98 Å². The summed E-state index contributed by atoms with van der Waals surface area (Å²) in [5, 5.41) is 20.1. The summed E-state index contributed by atoms with van der Waals surface area (Å²) in [6.07, 6.45) is 1.52. The van der Waals surface area contributed by atoms with Crippen molar-refractivity contribution in [2.45, 2.75) is 20.4 Å². The largest absolute Gasteiger partial charge is 0.395 e. The smallest absolute Gasteiger partial charge is 0.278 e. The first-order chi connectivity index (χ1) is 9.51. The molecule has 1 aromatic heterocycles. The minimum absolute atomic E-state index is 0.0245. The van der Waals surface area contributed by atoms with Gasteiger partial charge in [-0.3, -0.25) is 20.0 Å². The normalized spacial score (nSPS) is 11.1. The van der Waals surface area contributed by atoms with E-state index in [-0.39, 0.29) is 17.2 Å². The number of ether oxygens (including phenoxy) is 1. The molecule has 1 aromatic rings. The van der Waals surface area contributed by atoms with Gasteiger partial charge in [0.15, 0.2) is 0 Å². The van der Waals surface area contributed by atoms with Gasteiger partial charge < -0.3 is 9.84 Å². The molecule has 0 radical (unpaired) electrons. The molecule has 1 N–H and O–H groups in total. The van der Waals surface area contributed by atoms with E-state index >= 15 is 0 Å². The second kappa shape index (κ2) is 7.88. The fraction of sp³-hybridized carbons (Fsp3) is 0.615. The van der Waals surface area contributed by atoms with Crippen molar-refractivity contribution in [2.24, 2.45) is 0 Å². The summed E-state index contributed by atoms with van der Waals surface area (Å²) in [7, 11) is 1.61. The molecule has 0 saturated heterocycles. The van der Waals surface area contributed by atoms with Gasteiger partial charge in [-0.1, -0.05) is 0 Å². The molecule has 7 heteroatoms. The van der Waals surface area contributed by atoms with Gasteiger partial charge in [-0.15, -0.1) is 0 Å². The van der Waals surface area contributed by atoms with E-state index in [0.29, 0.717) is 43.1 Å². The molecule has 0 amide bonds. The van der Waals surface area contributed by atoms with E-state index in [1.807, 2.05) is 4.90 Å². The van der Waals surface area contributed by atoms with Crippen LogP contribution in [0, 0.1) is 24.0 Å². The van der Waals surface area contributed by atoms with E-state index in [1.54, 1.807) is 21.0 Å². The van der Waals surface area contributed by atoms with Crippen LogP contribution in [0.15, 0.2) is 6.20 Å². The Morgan fingerprint density at radius 3 is 2.70 bits per heavy atom. The molecule has 7 nitrogen and oxygen atoms in total. The molecular formula is C13H21N3O4. The molecule has 0 spiro atoms. The summed E-state index contributed by atoms with van der Waals surface area (Å²) < 4.78 is 5.02. The molecule has 0 saturated carbocycles. The zero-order valence-corrected chi connectivity index (χ0v) is 12.1. The Hall–Kier alpha value is -1.57. The third-order valence-corrected chi connectivity index (χ3v) is 3.16. The van der Waals surface area contributed by atoms with Crippen LogP contribution in [0.5, 0.6) is 0 Å². The van der Waals surface area contributed by atoms with Crippen LogP contribution in [0.3, 0.4) is 0 Å². The maximum Gasteiger partial charge on any atom is 0.278 e. The molecule has 112 valence electrons. The molecule has 0 atom stereocenters. The standard InChI is InChI=1S/C13H21N3O4/c1-10-8-14-12(11(2)13(10)16(18)19)9-15(4-6-17)5-7-20-3/h8,17H,4-7,9H2,1-3H3. The summed E-state index contributed by atoms with van der Waals surface area (Å²) in [5.74, 6) is 0. The van der Waals surface area contributed by atoms with Crippen molar-refractivity contribution >= 4 is 5.69 Å². The number of nitrogens with zero attached hydrogens (tertiary/aromatic N) is 3. The van der Waals surface area contributed by atoms with Crippen LogP contribution in [-0.4, -0.2) is 53.3 Å². The second-order valence-corrected chi connectivity index (χ2v) is 4.61. The summed E-state index contributed by atoms with van der Waals surface area (Å²) in [6, 6.07) is 0. The molecule has 0 aliphatic carbocycles. The summed E-state index contributed by atoms with van der Waals surface area (Å²) in [5.41, 5.74) is 1.91. The Bertz CT molecular complexity index is 465. The number of aliphatic hydroxyl groups excluding tert-OH is 1. The molecule has 0 unspecified atom stereocenters. The fourth-order valence-corrected chi connectivity index (χ4v) is 2.05. The van der Waals surface area contributed by atoms with E-state index in [0.717, 1.165) is 0 Å². The minimum Gasteiger partial charge on any atom is -0.395 e. The lowest BCUT2D eigenvalue weighted by Crippen LogP contribution is -2.30. The third-order valence-electron chi connectivity index (χ3n) is 3.16. The van der Waals surface area contributed by atoms with Crippen molar-refractivity contribution in [1.29, 1.82) is 0 Å². The maximum absolute atomic E-state index is 11.1. The highest BCUT2D eigenvalue weighted by atomic mass is 16.6. The Morgan fingerprint density at radius 2 is 2.15 bits per heavy atom. The number of rotatable bonds is 8. The Balaban J connectivity index is 2.95. The van der Waals surface area contributed by atoms with Crippen LogP contribution >= 0.6 is 0 Å². The van der Waals surface area contributed by atoms with Gasteiger partial charge in [0.05, 0.1) is 23.8 Å². The van der Waals surface area contributed by atoms with Crippen LogP contribution < -0.4 is 0 Å². The van der Waals surface area contributed by atoms with Crippen LogP contribution in [0.2, 0.25) is 0 Å². The summed E-state index contributed by atoms with van der Waals surface area (Å²) in [4.78, 5) is 16.9. The Kier molecular flexibility index (Phi) is 6.50. The summed E-state index contributed by atoms with van der Waals surface area (Å²) >= 11 is 0. The van der Waals surface area contributed by atoms with Gasteiger partial charge in [-0.05, 0) is 13.8 Å². The average molecular weight is 283 g/mol. The number of aromatic nitrogens is 1. The van der Waals surface area contributed by atoms with Gasteiger partial charge in [0.2, 0.25) is 0 Å². The Labute approximate surface area is 118 Å². The van der Waals surface area contributed by atoms with Crippen molar-refractivity contribution in [2.75, 3.05) is 33.4 Å². The topological polar surface area (TPSA) is 88.7 Å². The fourth-order valence-electron chi connectivity index (χ4n) is 2.05. The predicted molar refractivity (Wildman–Crippen MR) is 74.6 cm³/mol. The number of aliphatic hydroxyl groups is 1. The van der Waals surface area contributed by atoms with E-state index in [4.69, 9.17) is 9.84 Å². The van der Waals surface area contributed by atoms with Gasteiger partial charge in [0.1, 0.15) is 0 Å². The van der Waals surface area contributed by atoms with Crippen molar-refractivity contribution in [1.82, 2.24) is 9.88 Å². The van der Waals surface area contributed by atoms with E-state index in [9.17, 15) is 10.1 Å². The van der Waals surface area contributed by atoms with Gasteiger partial charge in [-0.2, -0.15) is 0 Å². The molecule has 1 heterocycles. The van der Waals surface area contributed by atoms with Gasteiger partial charge in [0, 0.05) is 44.1 Å². The number of hydrogen-bond acceptors (Lipinski definition) is 6. The van der Waals surface area contributed by atoms with Crippen molar-refractivity contribution in [3.05, 3.63) is 33.1 Å². The summed E-state index contributed by atoms with van der Waals surface area (Å²) in [6.45, 7) is 5.52. The van der Waals surface area contributed by atoms with Crippen LogP contribution in [-0.2, 0) is 11.3 Å². The first kappa shape index (κ1) is 16.5. The minimum atomic E-state index is -0.374. The highest BCUT2D eigenvalue weighted by molar-refractivity contribution is 5.47. The molecular weight excluding hydrogens is 262 g/mol. The molecule has 20 heavy (non-hydrogen) atoms. The average Bonchev–Trinajstić information content (AvgIpc) is 2.39. The van der Waals surface area contributed by atoms with Crippen LogP contribution in [0.1, 0.15) is 16.8 Å². The molecule has 0 fully saturated rings. The lowest BCUT2D eigenvalue weighted by atomic mass is 10.1. The van der Waals surface area contributed by atoms with Gasteiger partial charge in [0.25, 0.3) is 5.69 Å². The lowest BCUT2D eigenvalue weighted by molar-refractivity contribution is -0.386. The van der Waals surface area contributed by atoms with Crippen molar-refractivity contribution in [3.8, 4) is 0 Å².